The zero-order valence-electron chi connectivity index (χ0n) is 17.9. The normalized spacial score (nSPS) is 21.9. The van der Waals surface area contributed by atoms with Crippen LogP contribution in [0, 0.1) is 0 Å². The molecule has 31 heavy (non-hydrogen) atoms. The van der Waals surface area contributed by atoms with Gasteiger partial charge in [0.1, 0.15) is 0 Å². The van der Waals surface area contributed by atoms with Crippen molar-refractivity contribution in [2.24, 2.45) is 0 Å². The van der Waals surface area contributed by atoms with Crippen LogP contribution in [-0.2, 0) is 10.2 Å². The number of nitrogens with zero attached hydrogens (tertiary/aromatic N) is 4. The van der Waals surface area contributed by atoms with E-state index in [1.54, 1.807) is 7.11 Å². The number of amides is 2. The number of likely N-dealkylation sites (tertiary alicyclic amines) is 2. The summed E-state index contributed by atoms with van der Waals surface area (Å²) in [6.45, 7) is 3.06. The van der Waals surface area contributed by atoms with E-state index < -0.39 is 0 Å². The van der Waals surface area contributed by atoms with E-state index in [0.717, 1.165) is 45.2 Å². The van der Waals surface area contributed by atoms with Gasteiger partial charge in [-0.3, -0.25) is 9.59 Å². The third-order valence-corrected chi connectivity index (χ3v) is 7.28. The number of ether oxygens (including phenoxy) is 1. The topological polar surface area (TPSA) is 75.6 Å². The highest BCUT2D eigenvalue weighted by molar-refractivity contribution is 5.90. The Balaban J connectivity index is 1.33. The number of rotatable bonds is 3. The molecular weight excluding hydrogens is 392 g/mol. The molecule has 162 valence electrons. The van der Waals surface area contributed by atoms with Crippen molar-refractivity contribution < 1.29 is 14.3 Å². The molecule has 2 aliphatic heterocycles. The molecule has 2 saturated heterocycles. The number of piperidine rings is 1. The molecule has 1 aliphatic carbocycles. The van der Waals surface area contributed by atoms with Gasteiger partial charge in [-0.15, -0.1) is 0 Å². The monoisotopic (exact) mass is 420 g/mol. The number of carbonyl (C=O) groups excluding carboxylic acids is 2. The Bertz CT molecular complexity index is 977. The summed E-state index contributed by atoms with van der Waals surface area (Å²) in [7, 11) is 1.55. The van der Waals surface area contributed by atoms with Crippen molar-refractivity contribution in [3.05, 3.63) is 53.6 Å². The molecule has 0 N–H and O–H groups in total. The van der Waals surface area contributed by atoms with E-state index in [1.807, 2.05) is 15.9 Å². The highest BCUT2D eigenvalue weighted by Gasteiger charge is 2.48. The van der Waals surface area contributed by atoms with Gasteiger partial charge in [0.15, 0.2) is 5.75 Å². The van der Waals surface area contributed by atoms with Gasteiger partial charge in [0, 0.05) is 31.6 Å². The maximum atomic E-state index is 13.3. The van der Waals surface area contributed by atoms with Crippen LogP contribution in [0.25, 0.3) is 0 Å². The van der Waals surface area contributed by atoms with Crippen LogP contribution < -0.4 is 4.74 Å². The number of fused-ring (bicyclic) bond motifs is 2. The third kappa shape index (κ3) is 3.46. The van der Waals surface area contributed by atoms with Gasteiger partial charge < -0.3 is 14.5 Å². The fraction of sp³-hybridized carbons (Fsp3) is 0.500. The summed E-state index contributed by atoms with van der Waals surface area (Å²) in [6.07, 6.45) is 7.82. The van der Waals surface area contributed by atoms with Gasteiger partial charge in [0.25, 0.3) is 5.91 Å². The molecule has 2 fully saturated rings. The number of hydrogen-bond donors (Lipinski definition) is 0. The van der Waals surface area contributed by atoms with E-state index in [0.29, 0.717) is 18.8 Å². The van der Waals surface area contributed by atoms with E-state index in [1.165, 1.54) is 23.5 Å². The molecule has 2 amide bonds. The lowest BCUT2D eigenvalue weighted by molar-refractivity contribution is -0.132. The van der Waals surface area contributed by atoms with Crippen LogP contribution in [0.15, 0.2) is 36.7 Å². The zero-order valence-corrected chi connectivity index (χ0v) is 17.9. The summed E-state index contributed by atoms with van der Waals surface area (Å²) in [5.74, 6) is 0.818. The minimum Gasteiger partial charge on any atom is -0.494 e. The molecule has 3 heterocycles. The van der Waals surface area contributed by atoms with E-state index in [-0.39, 0.29) is 29.0 Å². The molecule has 0 saturated carbocycles. The summed E-state index contributed by atoms with van der Waals surface area (Å²) < 4.78 is 5.08. The SMILES string of the molecule is COc1cnc(C(=O)N2CCC3(CC2)CC(C(=O)N2CCCC2)c2ccccc23)nc1. The highest BCUT2D eigenvalue weighted by Crippen LogP contribution is 2.52. The second kappa shape index (κ2) is 7.94. The Morgan fingerprint density at radius 1 is 1.00 bits per heavy atom. The number of aromatic nitrogens is 2. The van der Waals surface area contributed by atoms with Crippen molar-refractivity contribution in [2.45, 2.75) is 43.4 Å². The summed E-state index contributed by atoms with van der Waals surface area (Å²) in [6, 6.07) is 8.44. The van der Waals surface area contributed by atoms with Gasteiger partial charge >= 0.3 is 0 Å². The van der Waals surface area contributed by atoms with Crippen LogP contribution >= 0.6 is 0 Å². The molecule has 1 unspecified atom stereocenters. The van der Waals surface area contributed by atoms with Gasteiger partial charge in [-0.05, 0) is 43.2 Å². The fourth-order valence-corrected chi connectivity index (χ4v) is 5.56. The van der Waals surface area contributed by atoms with E-state index in [2.05, 4.69) is 28.2 Å². The quantitative estimate of drug-likeness (QED) is 0.763. The fourth-order valence-electron chi connectivity index (χ4n) is 5.56. The largest absolute Gasteiger partial charge is 0.494 e. The molecule has 3 aliphatic rings. The van der Waals surface area contributed by atoms with Gasteiger partial charge in [0.05, 0.1) is 25.4 Å². The van der Waals surface area contributed by atoms with Crippen LogP contribution in [0.1, 0.15) is 59.8 Å². The van der Waals surface area contributed by atoms with Crippen LogP contribution in [0.2, 0.25) is 0 Å². The average molecular weight is 421 g/mol. The summed E-state index contributed by atoms with van der Waals surface area (Å²) >= 11 is 0. The van der Waals surface area contributed by atoms with Crippen LogP contribution in [0.5, 0.6) is 5.75 Å². The molecule has 7 nitrogen and oxygen atoms in total. The molecule has 1 atom stereocenters. The van der Waals surface area contributed by atoms with Gasteiger partial charge in [0.2, 0.25) is 11.7 Å². The maximum absolute atomic E-state index is 13.3. The Morgan fingerprint density at radius 3 is 2.35 bits per heavy atom. The van der Waals surface area contributed by atoms with Crippen LogP contribution in [-0.4, -0.2) is 64.9 Å². The van der Waals surface area contributed by atoms with E-state index >= 15 is 0 Å². The molecule has 5 rings (SSSR count). The van der Waals surface area contributed by atoms with Gasteiger partial charge in [-0.2, -0.15) is 0 Å². The molecule has 1 aromatic heterocycles. The molecule has 0 bridgehead atoms. The van der Waals surface area contributed by atoms with Crippen LogP contribution in [0.4, 0.5) is 0 Å². The lowest BCUT2D eigenvalue weighted by Crippen LogP contribution is -2.45. The lowest BCUT2D eigenvalue weighted by Gasteiger charge is -2.40. The number of carbonyl (C=O) groups is 2. The minimum atomic E-state index is -0.145. The predicted octanol–water partition coefficient (Wildman–Crippen LogP) is 2.77. The van der Waals surface area contributed by atoms with Crippen molar-refractivity contribution in [1.29, 1.82) is 0 Å². The van der Waals surface area contributed by atoms with Crippen molar-refractivity contribution in [2.75, 3.05) is 33.3 Å². The second-order valence-corrected chi connectivity index (χ2v) is 8.90. The standard InChI is InChI=1S/C24H28N4O3/c1-31-17-15-25-21(26-16-17)23(30)28-12-8-24(9-13-28)14-19(18-6-2-3-7-20(18)24)22(29)27-10-4-5-11-27/h2-3,6-7,15-16,19H,4-5,8-14H2,1H3. The first kappa shape index (κ1) is 20.0. The van der Waals surface area contributed by atoms with Gasteiger partial charge in [-0.1, -0.05) is 24.3 Å². The van der Waals surface area contributed by atoms with E-state index in [4.69, 9.17) is 4.74 Å². The van der Waals surface area contributed by atoms with Crippen molar-refractivity contribution in [3.8, 4) is 5.75 Å². The molecule has 7 heteroatoms. The number of benzene rings is 1. The summed E-state index contributed by atoms with van der Waals surface area (Å²) in [5.41, 5.74) is 2.46. The van der Waals surface area contributed by atoms with Crippen LogP contribution in [0.3, 0.4) is 0 Å². The predicted molar refractivity (Wildman–Crippen MR) is 115 cm³/mol. The Morgan fingerprint density at radius 2 is 1.68 bits per heavy atom. The average Bonchev–Trinajstić information content (AvgIpc) is 3.47. The molecular formula is C24H28N4O3. The number of hydrogen-bond acceptors (Lipinski definition) is 5. The first-order valence-electron chi connectivity index (χ1n) is 11.1. The smallest absolute Gasteiger partial charge is 0.291 e. The Labute approximate surface area is 182 Å². The van der Waals surface area contributed by atoms with Crippen molar-refractivity contribution in [3.63, 3.8) is 0 Å². The zero-order chi connectivity index (χ0) is 21.4. The van der Waals surface area contributed by atoms with Crippen molar-refractivity contribution >= 4 is 11.8 Å². The summed E-state index contributed by atoms with van der Waals surface area (Å²) in [4.78, 5) is 38.4. The Kier molecular flexibility index (Phi) is 5.12. The first-order valence-corrected chi connectivity index (χ1v) is 11.1. The third-order valence-electron chi connectivity index (χ3n) is 7.28. The number of methoxy groups -OCH3 is 1. The Hall–Kier alpha value is -2.96. The highest BCUT2D eigenvalue weighted by atomic mass is 16.5. The minimum absolute atomic E-state index is 0.0335. The molecule has 0 radical (unpaired) electrons. The van der Waals surface area contributed by atoms with Crippen molar-refractivity contribution in [1.82, 2.24) is 19.8 Å². The molecule has 2 aromatic rings. The molecule has 1 spiro atoms. The second-order valence-electron chi connectivity index (χ2n) is 8.90. The first-order chi connectivity index (χ1) is 15.1. The summed E-state index contributed by atoms with van der Waals surface area (Å²) in [5, 5.41) is 0. The van der Waals surface area contributed by atoms with Gasteiger partial charge in [-0.25, -0.2) is 9.97 Å². The maximum Gasteiger partial charge on any atom is 0.291 e. The molecule has 1 aromatic carbocycles. The lowest BCUT2D eigenvalue weighted by atomic mass is 9.73. The van der Waals surface area contributed by atoms with E-state index in [9.17, 15) is 9.59 Å².